The van der Waals surface area contributed by atoms with E-state index in [1.165, 1.54) is 29.8 Å². The van der Waals surface area contributed by atoms with Gasteiger partial charge in [0.05, 0.1) is 0 Å². The van der Waals surface area contributed by atoms with E-state index in [0.717, 1.165) is 5.03 Å². The number of pyridine rings is 1. The van der Waals surface area contributed by atoms with Crippen molar-refractivity contribution in [2.45, 2.75) is 28.8 Å². The Bertz CT molecular complexity index is 541. The van der Waals surface area contributed by atoms with Crippen molar-refractivity contribution in [2.24, 2.45) is 0 Å². The molecule has 1 aromatic carbocycles. The Morgan fingerprint density at radius 2 is 2.00 bits per heavy atom. The topological polar surface area (TPSA) is 16.1 Å². The summed E-state index contributed by atoms with van der Waals surface area (Å²) >= 11 is 1.77. The first-order chi connectivity index (χ1) is 9.34. The summed E-state index contributed by atoms with van der Waals surface area (Å²) in [5.74, 6) is 0. The van der Waals surface area contributed by atoms with Gasteiger partial charge in [0.15, 0.2) is 0 Å². The van der Waals surface area contributed by atoms with Gasteiger partial charge in [0, 0.05) is 22.7 Å². The van der Waals surface area contributed by atoms with Crippen LogP contribution in [0, 0.1) is 0 Å². The fourth-order valence-corrected chi connectivity index (χ4v) is 3.60. The van der Waals surface area contributed by atoms with Crippen molar-refractivity contribution in [3.63, 3.8) is 0 Å². The van der Waals surface area contributed by atoms with E-state index < -0.39 is 0 Å². The first kappa shape index (κ1) is 12.7. The third-order valence-electron chi connectivity index (χ3n) is 3.64. The molecule has 19 heavy (non-hydrogen) atoms. The van der Waals surface area contributed by atoms with Crippen molar-refractivity contribution in [1.82, 2.24) is 9.88 Å². The monoisotopic (exact) mass is 270 g/mol. The Kier molecular flexibility index (Phi) is 3.85. The third kappa shape index (κ3) is 2.82. The molecule has 0 unspecified atom stereocenters. The summed E-state index contributed by atoms with van der Waals surface area (Å²) in [6.07, 6.45) is 4.42. The SMILES string of the molecule is CN1CCC[C@@H]1c1cccnc1Sc1ccccc1. The molecule has 1 aliphatic heterocycles. The maximum atomic E-state index is 4.59. The molecule has 1 atom stereocenters. The van der Waals surface area contributed by atoms with Crippen LogP contribution in [-0.4, -0.2) is 23.5 Å². The van der Waals surface area contributed by atoms with Crippen LogP contribution in [0.4, 0.5) is 0 Å². The number of hydrogen-bond donors (Lipinski definition) is 0. The van der Waals surface area contributed by atoms with Crippen LogP contribution >= 0.6 is 11.8 Å². The quantitative estimate of drug-likeness (QED) is 0.838. The molecule has 0 saturated carbocycles. The van der Waals surface area contributed by atoms with Gasteiger partial charge >= 0.3 is 0 Å². The lowest BCUT2D eigenvalue weighted by atomic mass is 10.1. The minimum Gasteiger partial charge on any atom is -0.299 e. The summed E-state index contributed by atoms with van der Waals surface area (Å²) in [6.45, 7) is 1.19. The van der Waals surface area contributed by atoms with Crippen LogP contribution in [0.15, 0.2) is 58.6 Å². The fourth-order valence-electron chi connectivity index (χ4n) is 2.65. The zero-order chi connectivity index (χ0) is 13.1. The Labute approximate surface area is 118 Å². The summed E-state index contributed by atoms with van der Waals surface area (Å²) in [7, 11) is 2.21. The Morgan fingerprint density at radius 3 is 2.74 bits per heavy atom. The molecule has 1 saturated heterocycles. The van der Waals surface area contributed by atoms with E-state index in [2.05, 4.69) is 53.3 Å². The first-order valence-corrected chi connectivity index (χ1v) is 7.54. The molecule has 98 valence electrons. The lowest BCUT2D eigenvalue weighted by Crippen LogP contribution is -2.18. The number of benzene rings is 1. The van der Waals surface area contributed by atoms with E-state index >= 15 is 0 Å². The van der Waals surface area contributed by atoms with E-state index in [1.54, 1.807) is 11.8 Å². The van der Waals surface area contributed by atoms with Crippen molar-refractivity contribution in [3.05, 3.63) is 54.2 Å². The Hall–Kier alpha value is -1.32. The van der Waals surface area contributed by atoms with Gasteiger partial charge in [0.25, 0.3) is 0 Å². The zero-order valence-electron chi connectivity index (χ0n) is 11.1. The van der Waals surface area contributed by atoms with Gasteiger partial charge in [0.1, 0.15) is 5.03 Å². The molecule has 1 aliphatic rings. The van der Waals surface area contributed by atoms with Gasteiger partial charge in [0.2, 0.25) is 0 Å². The molecule has 3 heteroatoms. The van der Waals surface area contributed by atoms with Crippen molar-refractivity contribution >= 4 is 11.8 Å². The van der Waals surface area contributed by atoms with Crippen molar-refractivity contribution in [2.75, 3.05) is 13.6 Å². The van der Waals surface area contributed by atoms with Crippen LogP contribution in [-0.2, 0) is 0 Å². The highest BCUT2D eigenvalue weighted by molar-refractivity contribution is 7.99. The fraction of sp³-hybridized carbons (Fsp3) is 0.312. The van der Waals surface area contributed by atoms with E-state index in [4.69, 9.17) is 0 Å². The van der Waals surface area contributed by atoms with Crippen molar-refractivity contribution in [1.29, 1.82) is 0 Å². The predicted molar refractivity (Wildman–Crippen MR) is 79.4 cm³/mol. The van der Waals surface area contributed by atoms with Gasteiger partial charge in [-0.1, -0.05) is 36.0 Å². The number of rotatable bonds is 3. The molecule has 0 bridgehead atoms. The summed E-state index contributed by atoms with van der Waals surface area (Å²) < 4.78 is 0. The largest absolute Gasteiger partial charge is 0.299 e. The van der Waals surface area contributed by atoms with Crippen LogP contribution in [0.25, 0.3) is 0 Å². The highest BCUT2D eigenvalue weighted by atomic mass is 32.2. The lowest BCUT2D eigenvalue weighted by molar-refractivity contribution is 0.313. The van der Waals surface area contributed by atoms with Gasteiger partial charge < -0.3 is 0 Å². The molecule has 2 aromatic rings. The van der Waals surface area contributed by atoms with Crippen LogP contribution in [0.1, 0.15) is 24.4 Å². The average molecular weight is 270 g/mol. The van der Waals surface area contributed by atoms with Gasteiger partial charge in [-0.2, -0.15) is 0 Å². The lowest BCUT2D eigenvalue weighted by Gasteiger charge is -2.21. The maximum Gasteiger partial charge on any atom is 0.105 e. The summed E-state index contributed by atoms with van der Waals surface area (Å²) in [5, 5.41) is 1.15. The molecule has 0 spiro atoms. The van der Waals surface area contributed by atoms with Gasteiger partial charge in [-0.05, 0) is 44.6 Å². The second-order valence-corrected chi connectivity index (χ2v) is 6.01. The van der Waals surface area contributed by atoms with E-state index in [1.807, 2.05) is 12.3 Å². The second-order valence-electron chi connectivity index (χ2n) is 4.95. The molecule has 1 aromatic heterocycles. The standard InChI is InChI=1S/C16H18N2S/c1-18-12-6-10-15(18)14-9-5-11-17-16(14)19-13-7-3-2-4-8-13/h2-5,7-9,11,15H,6,10,12H2,1H3/t15-/m1/s1. The molecule has 1 fully saturated rings. The van der Waals surface area contributed by atoms with Crippen LogP contribution < -0.4 is 0 Å². The van der Waals surface area contributed by atoms with E-state index in [0.29, 0.717) is 6.04 Å². The van der Waals surface area contributed by atoms with Crippen molar-refractivity contribution in [3.8, 4) is 0 Å². The van der Waals surface area contributed by atoms with E-state index in [-0.39, 0.29) is 0 Å². The molecule has 0 radical (unpaired) electrons. The Balaban J connectivity index is 1.89. The van der Waals surface area contributed by atoms with Crippen LogP contribution in [0.5, 0.6) is 0 Å². The third-order valence-corrected chi connectivity index (χ3v) is 4.68. The number of hydrogen-bond acceptors (Lipinski definition) is 3. The normalized spacial score (nSPS) is 19.7. The molecule has 0 N–H and O–H groups in total. The summed E-state index contributed by atoms with van der Waals surface area (Å²) in [6, 6.07) is 15.3. The van der Waals surface area contributed by atoms with Crippen molar-refractivity contribution < 1.29 is 0 Å². The minimum atomic E-state index is 0.528. The smallest absolute Gasteiger partial charge is 0.105 e. The zero-order valence-corrected chi connectivity index (χ0v) is 11.9. The van der Waals surface area contributed by atoms with Crippen LogP contribution in [0.3, 0.4) is 0 Å². The Morgan fingerprint density at radius 1 is 1.16 bits per heavy atom. The van der Waals surface area contributed by atoms with Gasteiger partial charge in [-0.15, -0.1) is 0 Å². The predicted octanol–water partition coefficient (Wildman–Crippen LogP) is 4.00. The summed E-state index contributed by atoms with van der Waals surface area (Å²) in [4.78, 5) is 8.28. The number of nitrogens with zero attached hydrogens (tertiary/aromatic N) is 2. The highest BCUT2D eigenvalue weighted by Crippen LogP contribution is 2.37. The molecule has 0 amide bonds. The molecular weight excluding hydrogens is 252 g/mol. The second kappa shape index (κ2) is 5.76. The van der Waals surface area contributed by atoms with Gasteiger partial charge in [-0.3, -0.25) is 4.90 Å². The molecule has 3 rings (SSSR count). The number of aromatic nitrogens is 1. The molecular formula is C16H18N2S. The molecule has 2 heterocycles. The molecule has 0 aliphatic carbocycles. The maximum absolute atomic E-state index is 4.59. The minimum absolute atomic E-state index is 0.528. The first-order valence-electron chi connectivity index (χ1n) is 6.72. The molecule has 2 nitrogen and oxygen atoms in total. The van der Waals surface area contributed by atoms with Gasteiger partial charge in [-0.25, -0.2) is 4.98 Å². The average Bonchev–Trinajstić information content (AvgIpc) is 2.87. The summed E-state index contributed by atoms with van der Waals surface area (Å²) in [5.41, 5.74) is 1.37. The number of likely N-dealkylation sites (tertiary alicyclic amines) is 1. The van der Waals surface area contributed by atoms with E-state index in [9.17, 15) is 0 Å². The van der Waals surface area contributed by atoms with Crippen LogP contribution in [0.2, 0.25) is 0 Å². The highest BCUT2D eigenvalue weighted by Gasteiger charge is 2.25.